The smallest absolute Gasteiger partial charge is 0.191 e. The summed E-state index contributed by atoms with van der Waals surface area (Å²) in [6, 6.07) is 10.3. The fourth-order valence-electron chi connectivity index (χ4n) is 2.56. The molecule has 6 heteroatoms. The van der Waals surface area contributed by atoms with Crippen molar-refractivity contribution in [3.05, 3.63) is 53.9 Å². The summed E-state index contributed by atoms with van der Waals surface area (Å²) in [6.07, 6.45) is 4.99. The lowest BCUT2D eigenvalue weighted by Crippen LogP contribution is -2.39. The Hall–Kier alpha value is -1.70. The third-order valence-corrected chi connectivity index (χ3v) is 3.76. The average molecular weight is 456 g/mol. The number of rotatable bonds is 8. The Bertz CT molecular complexity index is 641. The van der Waals surface area contributed by atoms with Gasteiger partial charge in [-0.05, 0) is 44.0 Å². The van der Waals surface area contributed by atoms with Gasteiger partial charge in [-0.2, -0.15) is 0 Å². The number of hydrogen-bond donors (Lipinski definition) is 2. The van der Waals surface area contributed by atoms with Crippen LogP contribution in [0.3, 0.4) is 0 Å². The SMILES string of the molecule is CCNC(=NCCc1cc(C)ccc1OC)NCCn1cccc1.I. The normalized spacial score (nSPS) is 10.9. The van der Waals surface area contributed by atoms with Gasteiger partial charge in [0.25, 0.3) is 0 Å². The lowest BCUT2D eigenvalue weighted by Gasteiger charge is -2.12. The van der Waals surface area contributed by atoms with Gasteiger partial charge in [0.15, 0.2) is 5.96 Å². The van der Waals surface area contributed by atoms with Gasteiger partial charge in [0, 0.05) is 38.6 Å². The molecule has 0 unspecified atom stereocenters. The monoisotopic (exact) mass is 456 g/mol. The van der Waals surface area contributed by atoms with E-state index in [1.807, 2.05) is 18.2 Å². The maximum absolute atomic E-state index is 5.43. The number of aryl methyl sites for hydroxylation is 1. The van der Waals surface area contributed by atoms with Crippen molar-refractivity contribution in [3.63, 3.8) is 0 Å². The molecule has 0 radical (unpaired) electrons. The van der Waals surface area contributed by atoms with Crippen molar-refractivity contribution in [3.8, 4) is 5.75 Å². The van der Waals surface area contributed by atoms with Crippen LogP contribution in [0.5, 0.6) is 5.75 Å². The molecular weight excluding hydrogens is 427 g/mol. The molecule has 0 saturated heterocycles. The molecular formula is C19H29IN4O. The van der Waals surface area contributed by atoms with E-state index in [4.69, 9.17) is 4.74 Å². The van der Waals surface area contributed by atoms with Gasteiger partial charge in [-0.3, -0.25) is 4.99 Å². The second kappa shape index (κ2) is 11.8. The Kier molecular flexibility index (Phi) is 10.1. The molecule has 1 heterocycles. The Morgan fingerprint density at radius 2 is 1.96 bits per heavy atom. The first-order valence-electron chi connectivity index (χ1n) is 8.49. The summed E-state index contributed by atoms with van der Waals surface area (Å²) in [7, 11) is 1.71. The number of benzene rings is 1. The summed E-state index contributed by atoms with van der Waals surface area (Å²) in [5, 5.41) is 6.66. The van der Waals surface area contributed by atoms with Crippen LogP contribution in [-0.4, -0.2) is 37.3 Å². The van der Waals surface area contributed by atoms with E-state index in [0.717, 1.165) is 44.3 Å². The summed E-state index contributed by atoms with van der Waals surface area (Å²) >= 11 is 0. The van der Waals surface area contributed by atoms with E-state index in [1.54, 1.807) is 7.11 Å². The van der Waals surface area contributed by atoms with E-state index in [2.05, 4.69) is 58.6 Å². The van der Waals surface area contributed by atoms with Gasteiger partial charge in [0.05, 0.1) is 7.11 Å². The van der Waals surface area contributed by atoms with Crippen LogP contribution in [0.1, 0.15) is 18.1 Å². The minimum Gasteiger partial charge on any atom is -0.496 e. The number of nitrogens with one attached hydrogen (secondary N) is 2. The van der Waals surface area contributed by atoms with Crippen molar-refractivity contribution in [1.29, 1.82) is 0 Å². The number of nitrogens with zero attached hydrogens (tertiary/aromatic N) is 2. The van der Waals surface area contributed by atoms with Crippen molar-refractivity contribution < 1.29 is 4.74 Å². The van der Waals surface area contributed by atoms with Crippen molar-refractivity contribution >= 4 is 29.9 Å². The third kappa shape index (κ3) is 7.37. The highest BCUT2D eigenvalue weighted by Crippen LogP contribution is 2.20. The van der Waals surface area contributed by atoms with E-state index in [1.165, 1.54) is 11.1 Å². The minimum atomic E-state index is 0. The van der Waals surface area contributed by atoms with Crippen molar-refractivity contribution in [2.75, 3.05) is 26.7 Å². The molecule has 0 aliphatic heterocycles. The summed E-state index contributed by atoms with van der Waals surface area (Å²) in [5.41, 5.74) is 2.44. The number of aliphatic imine (C=N–C) groups is 1. The minimum absolute atomic E-state index is 0. The largest absolute Gasteiger partial charge is 0.496 e. The first-order chi connectivity index (χ1) is 11.7. The molecule has 2 aromatic rings. The fraction of sp³-hybridized carbons (Fsp3) is 0.421. The molecule has 0 saturated carbocycles. The highest BCUT2D eigenvalue weighted by Gasteiger charge is 2.03. The second-order valence-electron chi connectivity index (χ2n) is 5.67. The molecule has 138 valence electrons. The number of aromatic nitrogens is 1. The van der Waals surface area contributed by atoms with Crippen LogP contribution in [0, 0.1) is 6.92 Å². The number of hydrogen-bond acceptors (Lipinski definition) is 2. The molecule has 0 aliphatic rings. The van der Waals surface area contributed by atoms with Crippen molar-refractivity contribution in [2.45, 2.75) is 26.8 Å². The quantitative estimate of drug-likeness (QED) is 0.365. The molecule has 0 bridgehead atoms. The molecule has 0 spiro atoms. The van der Waals surface area contributed by atoms with Crippen LogP contribution >= 0.6 is 24.0 Å². The lowest BCUT2D eigenvalue weighted by atomic mass is 10.1. The highest BCUT2D eigenvalue weighted by atomic mass is 127. The molecule has 2 N–H and O–H groups in total. The van der Waals surface area contributed by atoms with Gasteiger partial charge in [-0.15, -0.1) is 24.0 Å². The predicted molar refractivity (Wildman–Crippen MR) is 115 cm³/mol. The van der Waals surface area contributed by atoms with Crippen LogP contribution in [0.4, 0.5) is 0 Å². The molecule has 1 aromatic heterocycles. The van der Waals surface area contributed by atoms with Gasteiger partial charge in [-0.1, -0.05) is 17.7 Å². The van der Waals surface area contributed by atoms with Gasteiger partial charge in [0.2, 0.25) is 0 Å². The molecule has 0 atom stereocenters. The van der Waals surface area contributed by atoms with Crippen LogP contribution in [0.15, 0.2) is 47.7 Å². The Labute approximate surface area is 167 Å². The van der Waals surface area contributed by atoms with Crippen molar-refractivity contribution in [1.82, 2.24) is 15.2 Å². The third-order valence-electron chi connectivity index (χ3n) is 3.76. The fourth-order valence-corrected chi connectivity index (χ4v) is 2.56. The molecule has 0 aliphatic carbocycles. The maximum Gasteiger partial charge on any atom is 0.191 e. The summed E-state index contributed by atoms with van der Waals surface area (Å²) in [4.78, 5) is 4.66. The molecule has 5 nitrogen and oxygen atoms in total. The number of halogens is 1. The van der Waals surface area contributed by atoms with E-state index < -0.39 is 0 Å². The molecule has 25 heavy (non-hydrogen) atoms. The lowest BCUT2D eigenvalue weighted by molar-refractivity contribution is 0.409. The zero-order valence-electron chi connectivity index (χ0n) is 15.3. The molecule has 2 rings (SSSR count). The van der Waals surface area contributed by atoms with E-state index in [9.17, 15) is 0 Å². The number of ether oxygens (including phenoxy) is 1. The van der Waals surface area contributed by atoms with Crippen molar-refractivity contribution in [2.24, 2.45) is 4.99 Å². The predicted octanol–water partition coefficient (Wildman–Crippen LogP) is 3.22. The summed E-state index contributed by atoms with van der Waals surface area (Å²) in [6.45, 7) is 7.50. The number of guanidine groups is 1. The van der Waals surface area contributed by atoms with E-state index in [0.29, 0.717) is 0 Å². The van der Waals surface area contributed by atoms with Crippen LogP contribution in [0.2, 0.25) is 0 Å². The zero-order valence-corrected chi connectivity index (χ0v) is 17.6. The van der Waals surface area contributed by atoms with Gasteiger partial charge < -0.3 is 19.9 Å². The molecule has 0 fully saturated rings. The topological polar surface area (TPSA) is 50.6 Å². The molecule has 1 aromatic carbocycles. The Morgan fingerprint density at radius 3 is 2.64 bits per heavy atom. The molecule has 0 amide bonds. The van der Waals surface area contributed by atoms with Crippen LogP contribution in [0.25, 0.3) is 0 Å². The first kappa shape index (κ1) is 21.3. The first-order valence-corrected chi connectivity index (χ1v) is 8.49. The van der Waals surface area contributed by atoms with Crippen LogP contribution < -0.4 is 15.4 Å². The Morgan fingerprint density at radius 1 is 1.20 bits per heavy atom. The Balaban J connectivity index is 0.00000312. The summed E-state index contributed by atoms with van der Waals surface area (Å²) < 4.78 is 7.58. The van der Waals surface area contributed by atoms with Crippen LogP contribution in [-0.2, 0) is 13.0 Å². The summed E-state index contributed by atoms with van der Waals surface area (Å²) in [5.74, 6) is 1.79. The van der Waals surface area contributed by atoms with E-state index in [-0.39, 0.29) is 24.0 Å². The number of methoxy groups -OCH3 is 1. The zero-order chi connectivity index (χ0) is 17.2. The second-order valence-corrected chi connectivity index (χ2v) is 5.67. The van der Waals surface area contributed by atoms with Gasteiger partial charge in [0.1, 0.15) is 5.75 Å². The highest BCUT2D eigenvalue weighted by molar-refractivity contribution is 14.0. The standard InChI is InChI=1S/C19H28N4O.HI/c1-4-20-19(22-11-14-23-12-5-6-13-23)21-10-9-17-15-16(2)7-8-18(17)24-3;/h5-8,12-13,15H,4,9-11,14H2,1-3H3,(H2,20,21,22);1H. The van der Waals surface area contributed by atoms with Gasteiger partial charge in [-0.25, -0.2) is 0 Å². The average Bonchev–Trinajstić information content (AvgIpc) is 3.08. The maximum atomic E-state index is 5.43. The van der Waals surface area contributed by atoms with E-state index >= 15 is 0 Å². The van der Waals surface area contributed by atoms with Gasteiger partial charge >= 0.3 is 0 Å².